The van der Waals surface area contributed by atoms with Gasteiger partial charge in [0, 0.05) is 32.1 Å². The maximum atomic E-state index is 5.46. The van der Waals surface area contributed by atoms with Gasteiger partial charge in [-0.3, -0.25) is 0 Å². The number of imidazole rings is 1. The third-order valence-corrected chi connectivity index (χ3v) is 3.42. The Morgan fingerprint density at radius 1 is 1.56 bits per heavy atom. The predicted molar refractivity (Wildman–Crippen MR) is 63.2 cm³/mol. The molecule has 4 heteroatoms. The minimum Gasteiger partial charge on any atom is -0.380 e. The van der Waals surface area contributed by atoms with Gasteiger partial charge in [0.25, 0.3) is 0 Å². The van der Waals surface area contributed by atoms with Crippen LogP contribution in [0.15, 0.2) is 12.4 Å². The standard InChI is InChI=1S/C12H21N3O/c1-3-15-8-7-13-12(15)9-14-10-5-4-6-11(10)16-2/h7-8,10-11,14H,3-6,9H2,1-2H3. The van der Waals surface area contributed by atoms with Crippen LogP contribution in [0.25, 0.3) is 0 Å². The van der Waals surface area contributed by atoms with Gasteiger partial charge in [-0.1, -0.05) is 0 Å². The lowest BCUT2D eigenvalue weighted by Gasteiger charge is -2.19. The number of aromatic nitrogens is 2. The molecular formula is C12H21N3O. The molecule has 0 spiro atoms. The van der Waals surface area contributed by atoms with E-state index in [4.69, 9.17) is 4.74 Å². The van der Waals surface area contributed by atoms with Crippen LogP contribution in [-0.4, -0.2) is 28.8 Å². The second-order valence-corrected chi connectivity index (χ2v) is 4.32. The first-order valence-electron chi connectivity index (χ1n) is 6.11. The number of hydrogen-bond donors (Lipinski definition) is 1. The van der Waals surface area contributed by atoms with Gasteiger partial charge in [0.1, 0.15) is 5.82 Å². The zero-order chi connectivity index (χ0) is 11.4. The van der Waals surface area contributed by atoms with Crippen molar-refractivity contribution in [2.45, 2.75) is 51.4 Å². The van der Waals surface area contributed by atoms with Crippen LogP contribution in [0.2, 0.25) is 0 Å². The Balaban J connectivity index is 1.87. The monoisotopic (exact) mass is 223 g/mol. The van der Waals surface area contributed by atoms with Gasteiger partial charge in [-0.2, -0.15) is 0 Å². The highest BCUT2D eigenvalue weighted by Crippen LogP contribution is 2.21. The van der Waals surface area contributed by atoms with Gasteiger partial charge >= 0.3 is 0 Å². The molecule has 2 atom stereocenters. The van der Waals surface area contributed by atoms with Gasteiger partial charge in [-0.15, -0.1) is 0 Å². The number of ether oxygens (including phenoxy) is 1. The molecule has 1 aromatic heterocycles. The van der Waals surface area contributed by atoms with Crippen molar-refractivity contribution < 1.29 is 4.74 Å². The smallest absolute Gasteiger partial charge is 0.122 e. The highest BCUT2D eigenvalue weighted by molar-refractivity contribution is 4.93. The zero-order valence-corrected chi connectivity index (χ0v) is 10.1. The molecular weight excluding hydrogens is 202 g/mol. The van der Waals surface area contributed by atoms with Crippen molar-refractivity contribution in [1.82, 2.24) is 14.9 Å². The summed E-state index contributed by atoms with van der Waals surface area (Å²) in [5.41, 5.74) is 0. The highest BCUT2D eigenvalue weighted by atomic mass is 16.5. The molecule has 2 unspecified atom stereocenters. The summed E-state index contributed by atoms with van der Waals surface area (Å²) in [5.74, 6) is 1.12. The number of nitrogens with one attached hydrogen (secondary N) is 1. The van der Waals surface area contributed by atoms with Gasteiger partial charge in [0.05, 0.1) is 12.6 Å². The van der Waals surface area contributed by atoms with Crippen LogP contribution >= 0.6 is 0 Å². The quantitative estimate of drug-likeness (QED) is 0.823. The Kier molecular flexibility index (Phi) is 3.96. The van der Waals surface area contributed by atoms with Crippen LogP contribution < -0.4 is 5.32 Å². The van der Waals surface area contributed by atoms with Crippen molar-refractivity contribution in [3.8, 4) is 0 Å². The van der Waals surface area contributed by atoms with E-state index in [0.717, 1.165) is 18.9 Å². The summed E-state index contributed by atoms with van der Waals surface area (Å²) in [6, 6.07) is 0.493. The van der Waals surface area contributed by atoms with E-state index in [1.165, 1.54) is 19.3 Å². The van der Waals surface area contributed by atoms with Crippen molar-refractivity contribution in [3.63, 3.8) is 0 Å². The molecule has 1 saturated carbocycles. The maximum Gasteiger partial charge on any atom is 0.122 e. The number of rotatable bonds is 5. The lowest BCUT2D eigenvalue weighted by atomic mass is 10.2. The van der Waals surface area contributed by atoms with Gasteiger partial charge in [-0.25, -0.2) is 4.98 Å². The maximum absolute atomic E-state index is 5.46. The van der Waals surface area contributed by atoms with Crippen molar-refractivity contribution >= 4 is 0 Å². The van der Waals surface area contributed by atoms with Crippen LogP contribution in [0, 0.1) is 0 Å². The SMILES string of the molecule is CCn1ccnc1CNC1CCCC1OC. The molecule has 0 aliphatic heterocycles. The summed E-state index contributed by atoms with van der Waals surface area (Å²) >= 11 is 0. The Hall–Kier alpha value is -0.870. The van der Waals surface area contributed by atoms with Gasteiger partial charge in [0.2, 0.25) is 0 Å². The normalized spacial score (nSPS) is 25.1. The molecule has 0 aromatic carbocycles. The van der Waals surface area contributed by atoms with E-state index in [1.54, 1.807) is 7.11 Å². The average molecular weight is 223 g/mol. The minimum atomic E-state index is 0.380. The van der Waals surface area contributed by atoms with Gasteiger partial charge < -0.3 is 14.6 Å². The van der Waals surface area contributed by atoms with E-state index in [2.05, 4.69) is 21.8 Å². The predicted octanol–water partition coefficient (Wildman–Crippen LogP) is 1.56. The van der Waals surface area contributed by atoms with Crippen molar-refractivity contribution in [1.29, 1.82) is 0 Å². The third kappa shape index (κ3) is 2.44. The van der Waals surface area contributed by atoms with Crippen LogP contribution in [-0.2, 0) is 17.8 Å². The first kappa shape index (κ1) is 11.6. The molecule has 0 bridgehead atoms. The molecule has 90 valence electrons. The summed E-state index contributed by atoms with van der Waals surface area (Å²) < 4.78 is 7.63. The largest absolute Gasteiger partial charge is 0.380 e. The molecule has 1 N–H and O–H groups in total. The average Bonchev–Trinajstić information content (AvgIpc) is 2.94. The summed E-state index contributed by atoms with van der Waals surface area (Å²) in [6.07, 6.45) is 7.92. The van der Waals surface area contributed by atoms with Crippen LogP contribution in [0.4, 0.5) is 0 Å². The van der Waals surface area contributed by atoms with Gasteiger partial charge in [-0.05, 0) is 26.2 Å². The van der Waals surface area contributed by atoms with E-state index in [-0.39, 0.29) is 0 Å². The van der Waals surface area contributed by atoms with E-state index >= 15 is 0 Å². The zero-order valence-electron chi connectivity index (χ0n) is 10.1. The topological polar surface area (TPSA) is 39.1 Å². The summed E-state index contributed by atoms with van der Waals surface area (Å²) in [5, 5.41) is 3.55. The molecule has 1 aliphatic rings. The molecule has 16 heavy (non-hydrogen) atoms. The summed E-state index contributed by atoms with van der Waals surface area (Å²) in [4.78, 5) is 4.36. The molecule has 1 fully saturated rings. The number of nitrogens with zero attached hydrogens (tertiary/aromatic N) is 2. The fourth-order valence-corrected chi connectivity index (χ4v) is 2.46. The molecule has 0 saturated heterocycles. The Morgan fingerprint density at radius 2 is 2.44 bits per heavy atom. The fraction of sp³-hybridized carbons (Fsp3) is 0.750. The van der Waals surface area contributed by atoms with Crippen LogP contribution in [0.1, 0.15) is 32.0 Å². The van der Waals surface area contributed by atoms with E-state index in [1.807, 2.05) is 12.4 Å². The lowest BCUT2D eigenvalue weighted by Crippen LogP contribution is -2.36. The van der Waals surface area contributed by atoms with Crippen molar-refractivity contribution in [2.75, 3.05) is 7.11 Å². The second-order valence-electron chi connectivity index (χ2n) is 4.32. The molecule has 0 radical (unpaired) electrons. The molecule has 4 nitrogen and oxygen atoms in total. The van der Waals surface area contributed by atoms with Crippen molar-refractivity contribution in [3.05, 3.63) is 18.2 Å². The summed E-state index contributed by atoms with van der Waals surface area (Å²) in [6.45, 7) is 3.96. The molecule has 2 rings (SSSR count). The Bertz CT molecular complexity index is 324. The Labute approximate surface area is 97.0 Å². The van der Waals surface area contributed by atoms with Crippen LogP contribution in [0.5, 0.6) is 0 Å². The Morgan fingerprint density at radius 3 is 3.19 bits per heavy atom. The molecule has 0 amide bonds. The molecule has 1 aliphatic carbocycles. The first-order chi connectivity index (χ1) is 7.85. The third-order valence-electron chi connectivity index (χ3n) is 3.42. The van der Waals surface area contributed by atoms with E-state index in [0.29, 0.717) is 12.1 Å². The van der Waals surface area contributed by atoms with E-state index < -0.39 is 0 Å². The summed E-state index contributed by atoms with van der Waals surface area (Å²) in [7, 11) is 1.80. The van der Waals surface area contributed by atoms with Crippen LogP contribution in [0.3, 0.4) is 0 Å². The highest BCUT2D eigenvalue weighted by Gasteiger charge is 2.26. The first-order valence-corrected chi connectivity index (χ1v) is 6.11. The number of methoxy groups -OCH3 is 1. The molecule has 1 aromatic rings. The lowest BCUT2D eigenvalue weighted by molar-refractivity contribution is 0.0844. The minimum absolute atomic E-state index is 0.380. The fourth-order valence-electron chi connectivity index (χ4n) is 2.46. The van der Waals surface area contributed by atoms with E-state index in [9.17, 15) is 0 Å². The van der Waals surface area contributed by atoms with Gasteiger partial charge in [0.15, 0.2) is 0 Å². The number of hydrogen-bond acceptors (Lipinski definition) is 3. The molecule has 1 heterocycles. The second kappa shape index (κ2) is 5.46. The van der Waals surface area contributed by atoms with Crippen molar-refractivity contribution in [2.24, 2.45) is 0 Å². The number of aryl methyl sites for hydroxylation is 1.